The average Bonchev–Trinajstić information content (AvgIpc) is 3.34. The number of esters is 4. The first-order valence-electron chi connectivity index (χ1n) is 18.4. The number of carbonyl (C=O) groups is 6. The van der Waals surface area contributed by atoms with E-state index in [2.05, 4.69) is 13.8 Å². The molecule has 3 aliphatic rings. The summed E-state index contributed by atoms with van der Waals surface area (Å²) in [7, 11) is 0. The highest BCUT2D eigenvalue weighted by Crippen LogP contribution is 2.61. The second-order valence-electron chi connectivity index (χ2n) is 16.1. The van der Waals surface area contributed by atoms with Crippen molar-refractivity contribution in [3.63, 3.8) is 0 Å². The van der Waals surface area contributed by atoms with Crippen molar-refractivity contribution in [2.24, 2.45) is 40.4 Å². The fourth-order valence-electron chi connectivity index (χ4n) is 8.86. The molecule has 50 heavy (non-hydrogen) atoms. The molecule has 0 amide bonds. The molecule has 12 heteroatoms. The molecule has 0 radical (unpaired) electrons. The molecule has 3 rings (SSSR count). The maximum Gasteiger partial charge on any atom is 0.511 e. The molecule has 284 valence electrons. The van der Waals surface area contributed by atoms with E-state index in [4.69, 9.17) is 28.4 Å². The van der Waals surface area contributed by atoms with Crippen LogP contribution >= 0.6 is 0 Å². The molecule has 3 saturated carbocycles. The Balaban J connectivity index is 1.44. The van der Waals surface area contributed by atoms with Gasteiger partial charge >= 0.3 is 30.0 Å². The highest BCUT2D eigenvalue weighted by atomic mass is 16.8. The van der Waals surface area contributed by atoms with Crippen molar-refractivity contribution in [3.05, 3.63) is 0 Å². The van der Waals surface area contributed by atoms with Crippen LogP contribution in [0, 0.1) is 40.4 Å². The first-order valence-corrected chi connectivity index (χ1v) is 18.4. The summed E-state index contributed by atoms with van der Waals surface area (Å²) >= 11 is 0. The second-order valence-corrected chi connectivity index (χ2v) is 16.1. The molecule has 0 aliphatic heterocycles. The fourth-order valence-corrected chi connectivity index (χ4v) is 8.86. The fraction of sp³-hybridized carbons (Fsp3) is 0.842. The predicted octanol–water partition coefficient (Wildman–Crippen LogP) is 6.88. The van der Waals surface area contributed by atoms with Gasteiger partial charge in [0.2, 0.25) is 6.29 Å². The number of hydrogen-bond acceptors (Lipinski definition) is 12. The largest absolute Gasteiger partial charge is 0.511 e. The number of carbonyl (C=O) groups excluding carboxylic acids is 6. The highest BCUT2D eigenvalue weighted by molar-refractivity contribution is 5.79. The zero-order valence-electron chi connectivity index (χ0n) is 31.4. The van der Waals surface area contributed by atoms with Crippen LogP contribution in [0.2, 0.25) is 0 Å². The Labute approximate surface area is 297 Å². The van der Waals surface area contributed by atoms with Gasteiger partial charge in [0.15, 0.2) is 6.10 Å². The lowest BCUT2D eigenvalue weighted by Crippen LogP contribution is -2.43. The maximum absolute atomic E-state index is 12.8. The Hall–Kier alpha value is -3.18. The Bertz CT molecular complexity index is 1190. The summed E-state index contributed by atoms with van der Waals surface area (Å²) in [6.07, 6.45) is 6.37. The third-order valence-electron chi connectivity index (χ3n) is 11.1. The van der Waals surface area contributed by atoms with Crippen molar-refractivity contribution < 1.29 is 57.2 Å². The van der Waals surface area contributed by atoms with Crippen molar-refractivity contribution in [3.8, 4) is 0 Å². The minimum atomic E-state index is -1.20. The number of fused-ring (bicyclic) bond motifs is 3. The summed E-state index contributed by atoms with van der Waals surface area (Å²) in [5.41, 5.74) is -0.765. The standard InChI is InChI=1S/C38H60O12/c1-23-12-13-31-28(16-17-38(8)32(24(2)39)14-15-33(31)38)10-9-11-29(18-23)50-36(44)48-27(5)47-34(42)19-37(6,7)20-35(43)49-30(21-45-25(3)40)22-46-26(4)41/h23,27-33H,9-22H2,1-8H3/t23-,27?,28-,29+,31+,32?,33-,38+/m0/s1. The van der Waals surface area contributed by atoms with E-state index in [1.54, 1.807) is 20.8 Å². The molecule has 8 atom stereocenters. The van der Waals surface area contributed by atoms with Gasteiger partial charge in [0.1, 0.15) is 25.1 Å². The average molecular weight is 709 g/mol. The van der Waals surface area contributed by atoms with Gasteiger partial charge in [-0.2, -0.15) is 0 Å². The van der Waals surface area contributed by atoms with Gasteiger partial charge in [0, 0.05) is 26.7 Å². The molecular formula is C38H60O12. The lowest BCUT2D eigenvalue weighted by atomic mass is 9.55. The molecule has 0 saturated heterocycles. The van der Waals surface area contributed by atoms with Crippen molar-refractivity contribution in [2.45, 2.75) is 151 Å². The Morgan fingerprint density at radius 1 is 0.780 bits per heavy atom. The van der Waals surface area contributed by atoms with Crippen LogP contribution in [0.1, 0.15) is 132 Å². The Kier molecular flexibility index (Phi) is 15.1. The van der Waals surface area contributed by atoms with E-state index in [0.29, 0.717) is 29.5 Å². The zero-order chi connectivity index (χ0) is 37.2. The normalized spacial score (nSPS) is 29.0. The van der Waals surface area contributed by atoms with Crippen LogP contribution in [0.15, 0.2) is 0 Å². The minimum Gasteiger partial charge on any atom is -0.462 e. The van der Waals surface area contributed by atoms with E-state index in [1.807, 2.05) is 0 Å². The third-order valence-corrected chi connectivity index (χ3v) is 11.1. The number of Topliss-reactive ketones (excluding diaryl/α,β-unsaturated/α-hetero) is 1. The molecule has 0 N–H and O–H groups in total. The molecule has 3 aliphatic carbocycles. The molecule has 3 fully saturated rings. The van der Waals surface area contributed by atoms with Gasteiger partial charge in [-0.3, -0.25) is 24.0 Å². The Morgan fingerprint density at radius 3 is 2.00 bits per heavy atom. The molecule has 0 aromatic heterocycles. The van der Waals surface area contributed by atoms with E-state index < -0.39 is 47.8 Å². The first kappa shape index (κ1) is 41.2. The van der Waals surface area contributed by atoms with Crippen LogP contribution in [0.4, 0.5) is 4.79 Å². The van der Waals surface area contributed by atoms with Gasteiger partial charge < -0.3 is 28.4 Å². The van der Waals surface area contributed by atoms with Crippen molar-refractivity contribution in [1.29, 1.82) is 0 Å². The molecule has 0 aromatic carbocycles. The molecule has 0 aromatic rings. The van der Waals surface area contributed by atoms with Crippen molar-refractivity contribution >= 4 is 35.8 Å². The molecular weight excluding hydrogens is 648 g/mol. The summed E-state index contributed by atoms with van der Waals surface area (Å²) < 4.78 is 31.5. The van der Waals surface area contributed by atoms with Gasteiger partial charge in [-0.15, -0.1) is 0 Å². The Morgan fingerprint density at radius 2 is 1.40 bits per heavy atom. The number of ketones is 1. The topological polar surface area (TPSA) is 158 Å². The minimum absolute atomic E-state index is 0.127. The second kappa shape index (κ2) is 18.4. The number of hydrogen-bond donors (Lipinski definition) is 0. The first-order chi connectivity index (χ1) is 23.4. The van der Waals surface area contributed by atoms with Gasteiger partial charge in [-0.25, -0.2) is 4.79 Å². The lowest BCUT2D eigenvalue weighted by Gasteiger charge is -2.49. The van der Waals surface area contributed by atoms with E-state index in [0.717, 1.165) is 64.2 Å². The van der Waals surface area contributed by atoms with E-state index >= 15 is 0 Å². The maximum atomic E-state index is 12.8. The van der Waals surface area contributed by atoms with Crippen LogP contribution in [-0.2, 0) is 52.4 Å². The quantitative estimate of drug-likeness (QED) is 0.111. The van der Waals surface area contributed by atoms with E-state index in [-0.39, 0.29) is 43.5 Å². The van der Waals surface area contributed by atoms with Crippen LogP contribution < -0.4 is 0 Å². The van der Waals surface area contributed by atoms with Crippen LogP contribution in [0.5, 0.6) is 0 Å². The summed E-state index contributed by atoms with van der Waals surface area (Å²) in [6, 6.07) is 0. The lowest BCUT2D eigenvalue weighted by molar-refractivity contribution is -0.173. The monoisotopic (exact) mass is 708 g/mol. The number of ether oxygens (including phenoxy) is 6. The third kappa shape index (κ3) is 12.5. The van der Waals surface area contributed by atoms with Gasteiger partial charge in [-0.1, -0.05) is 40.5 Å². The molecule has 12 nitrogen and oxygen atoms in total. The highest BCUT2D eigenvalue weighted by Gasteiger charge is 2.54. The van der Waals surface area contributed by atoms with E-state index in [9.17, 15) is 28.8 Å². The van der Waals surface area contributed by atoms with Crippen LogP contribution in [0.3, 0.4) is 0 Å². The predicted molar refractivity (Wildman–Crippen MR) is 181 cm³/mol. The zero-order valence-corrected chi connectivity index (χ0v) is 31.4. The van der Waals surface area contributed by atoms with E-state index in [1.165, 1.54) is 20.8 Å². The summed E-state index contributed by atoms with van der Waals surface area (Å²) in [4.78, 5) is 72.9. The van der Waals surface area contributed by atoms with Gasteiger partial charge in [0.25, 0.3) is 0 Å². The SMILES string of the molecule is CC(=O)OCC(COC(C)=O)OC(=O)CC(C)(C)CC(=O)OC(C)OC(=O)O[C@@H]1CCC[C@H]2CC[C@]3(C)C(C(C)=O)CC[C@H]3[C@@H]2CC[C@H](C)C1. The molecule has 2 unspecified atom stereocenters. The van der Waals surface area contributed by atoms with Crippen molar-refractivity contribution in [1.82, 2.24) is 0 Å². The smallest absolute Gasteiger partial charge is 0.462 e. The summed E-state index contributed by atoms with van der Waals surface area (Å²) in [5, 5.41) is 0. The summed E-state index contributed by atoms with van der Waals surface area (Å²) in [6.45, 7) is 12.9. The molecule has 0 bridgehead atoms. The van der Waals surface area contributed by atoms with Gasteiger partial charge in [-0.05, 0) is 92.8 Å². The number of rotatable bonds is 13. The summed E-state index contributed by atoms with van der Waals surface area (Å²) in [5.74, 6) is 0.258. The van der Waals surface area contributed by atoms with Crippen molar-refractivity contribution in [2.75, 3.05) is 13.2 Å². The van der Waals surface area contributed by atoms with Gasteiger partial charge in [0.05, 0.1) is 12.8 Å². The van der Waals surface area contributed by atoms with Crippen LogP contribution in [0.25, 0.3) is 0 Å². The molecule has 0 heterocycles. The van der Waals surface area contributed by atoms with Crippen LogP contribution in [-0.4, -0.2) is 67.5 Å². The molecule has 0 spiro atoms.